The van der Waals surface area contributed by atoms with E-state index >= 15 is 0 Å². The highest BCUT2D eigenvalue weighted by molar-refractivity contribution is 5.18. The normalized spacial score (nSPS) is 15.2. The molecule has 0 saturated carbocycles. The zero-order chi connectivity index (χ0) is 12.8. The third-order valence-corrected chi connectivity index (χ3v) is 3.37. The fourth-order valence-electron chi connectivity index (χ4n) is 2.17. The van der Waals surface area contributed by atoms with E-state index in [-0.39, 0.29) is 0 Å². The maximum Gasteiger partial charge on any atom is 0.0292 e. The van der Waals surface area contributed by atoms with Crippen molar-refractivity contribution in [2.75, 3.05) is 20.6 Å². The molecule has 0 aliphatic heterocycles. The zero-order valence-electron chi connectivity index (χ0n) is 11.8. The van der Waals surface area contributed by atoms with Crippen LogP contribution in [0, 0.1) is 5.92 Å². The Kier molecular flexibility index (Phi) is 5.66. The summed E-state index contributed by atoms with van der Waals surface area (Å²) >= 11 is 0. The van der Waals surface area contributed by atoms with E-state index in [1.165, 1.54) is 5.56 Å². The van der Waals surface area contributed by atoms with Gasteiger partial charge in [0.1, 0.15) is 0 Å². The molecular formula is C15H26N2. The summed E-state index contributed by atoms with van der Waals surface area (Å²) in [6.07, 6.45) is 0. The van der Waals surface area contributed by atoms with Crippen LogP contribution in [0.4, 0.5) is 0 Å². The second-order valence-electron chi connectivity index (χ2n) is 5.32. The van der Waals surface area contributed by atoms with Crippen molar-refractivity contribution in [1.82, 2.24) is 10.2 Å². The molecule has 1 aromatic rings. The van der Waals surface area contributed by atoms with Gasteiger partial charge in [0.15, 0.2) is 0 Å². The summed E-state index contributed by atoms with van der Waals surface area (Å²) in [7, 11) is 4.30. The second kappa shape index (κ2) is 6.77. The molecule has 17 heavy (non-hydrogen) atoms. The molecule has 0 heterocycles. The lowest BCUT2D eigenvalue weighted by Gasteiger charge is -2.29. The molecule has 2 heteroatoms. The maximum absolute atomic E-state index is 3.62. The van der Waals surface area contributed by atoms with Crippen LogP contribution >= 0.6 is 0 Å². The van der Waals surface area contributed by atoms with Gasteiger partial charge in [-0.1, -0.05) is 44.2 Å². The molecule has 0 spiro atoms. The minimum atomic E-state index is 0.414. The molecule has 1 aromatic carbocycles. The summed E-state index contributed by atoms with van der Waals surface area (Å²) in [5, 5.41) is 3.62. The smallest absolute Gasteiger partial charge is 0.0292 e. The SMILES string of the molecule is CC(NCC(C(C)C)N(C)C)c1ccccc1. The Bertz CT molecular complexity index is 298. The Morgan fingerprint density at radius 1 is 1.06 bits per heavy atom. The van der Waals surface area contributed by atoms with E-state index < -0.39 is 0 Å². The molecule has 1 N–H and O–H groups in total. The molecule has 0 fully saturated rings. The van der Waals surface area contributed by atoms with Gasteiger partial charge in [0.25, 0.3) is 0 Å². The molecular weight excluding hydrogens is 208 g/mol. The Hall–Kier alpha value is -0.860. The predicted molar refractivity (Wildman–Crippen MR) is 75.2 cm³/mol. The first kappa shape index (κ1) is 14.2. The minimum absolute atomic E-state index is 0.414. The van der Waals surface area contributed by atoms with Crippen molar-refractivity contribution in [3.8, 4) is 0 Å². The average molecular weight is 234 g/mol. The lowest BCUT2D eigenvalue weighted by Crippen LogP contribution is -2.42. The second-order valence-corrected chi connectivity index (χ2v) is 5.32. The predicted octanol–water partition coefficient (Wildman–Crippen LogP) is 2.92. The van der Waals surface area contributed by atoms with Gasteiger partial charge < -0.3 is 10.2 Å². The van der Waals surface area contributed by atoms with Crippen molar-refractivity contribution >= 4 is 0 Å². The van der Waals surface area contributed by atoms with E-state index in [9.17, 15) is 0 Å². The van der Waals surface area contributed by atoms with Crippen LogP contribution in [-0.4, -0.2) is 31.6 Å². The number of benzene rings is 1. The highest BCUT2D eigenvalue weighted by Crippen LogP contribution is 2.13. The highest BCUT2D eigenvalue weighted by atomic mass is 15.1. The lowest BCUT2D eigenvalue weighted by atomic mass is 10.0. The van der Waals surface area contributed by atoms with E-state index in [4.69, 9.17) is 0 Å². The summed E-state index contributed by atoms with van der Waals surface area (Å²) in [5.41, 5.74) is 1.36. The first-order chi connectivity index (χ1) is 8.02. The van der Waals surface area contributed by atoms with Crippen LogP contribution in [0.1, 0.15) is 32.4 Å². The van der Waals surface area contributed by atoms with Crippen LogP contribution in [0.2, 0.25) is 0 Å². The van der Waals surface area contributed by atoms with E-state index in [1.807, 2.05) is 0 Å². The molecule has 96 valence electrons. The highest BCUT2D eigenvalue weighted by Gasteiger charge is 2.16. The van der Waals surface area contributed by atoms with Gasteiger partial charge in [0.05, 0.1) is 0 Å². The van der Waals surface area contributed by atoms with E-state index in [0.717, 1.165) is 6.54 Å². The largest absolute Gasteiger partial charge is 0.309 e. The Balaban J connectivity index is 2.50. The minimum Gasteiger partial charge on any atom is -0.309 e. The zero-order valence-corrected chi connectivity index (χ0v) is 11.8. The molecule has 2 nitrogen and oxygen atoms in total. The maximum atomic E-state index is 3.62. The molecule has 0 aliphatic carbocycles. The number of hydrogen-bond donors (Lipinski definition) is 1. The fourth-order valence-corrected chi connectivity index (χ4v) is 2.17. The summed E-state index contributed by atoms with van der Waals surface area (Å²) in [4.78, 5) is 2.30. The molecule has 0 bridgehead atoms. The first-order valence-corrected chi connectivity index (χ1v) is 6.47. The third kappa shape index (κ3) is 4.49. The van der Waals surface area contributed by atoms with Gasteiger partial charge in [0.2, 0.25) is 0 Å². The van der Waals surface area contributed by atoms with Crippen molar-refractivity contribution in [1.29, 1.82) is 0 Å². The van der Waals surface area contributed by atoms with E-state index in [0.29, 0.717) is 18.0 Å². The van der Waals surface area contributed by atoms with E-state index in [1.54, 1.807) is 0 Å². The van der Waals surface area contributed by atoms with Crippen LogP contribution in [0.5, 0.6) is 0 Å². The van der Waals surface area contributed by atoms with Crippen LogP contribution in [0.15, 0.2) is 30.3 Å². The molecule has 1 rings (SSSR count). The number of rotatable bonds is 6. The molecule has 0 aromatic heterocycles. The summed E-state index contributed by atoms with van der Waals surface area (Å²) < 4.78 is 0. The molecule has 2 unspecified atom stereocenters. The summed E-state index contributed by atoms with van der Waals surface area (Å²) in [6.45, 7) is 7.81. The van der Waals surface area contributed by atoms with E-state index in [2.05, 4.69) is 75.4 Å². The van der Waals surface area contributed by atoms with Crippen LogP contribution in [-0.2, 0) is 0 Å². The van der Waals surface area contributed by atoms with Crippen LogP contribution in [0.25, 0.3) is 0 Å². The van der Waals surface area contributed by atoms with Gasteiger partial charge in [-0.2, -0.15) is 0 Å². The molecule has 2 atom stereocenters. The van der Waals surface area contributed by atoms with Gasteiger partial charge >= 0.3 is 0 Å². The van der Waals surface area contributed by atoms with Crippen LogP contribution < -0.4 is 5.32 Å². The molecule has 0 saturated heterocycles. The first-order valence-electron chi connectivity index (χ1n) is 6.47. The third-order valence-electron chi connectivity index (χ3n) is 3.37. The fraction of sp³-hybridized carbons (Fsp3) is 0.600. The topological polar surface area (TPSA) is 15.3 Å². The molecule has 0 aliphatic rings. The number of hydrogen-bond acceptors (Lipinski definition) is 2. The molecule has 0 radical (unpaired) electrons. The van der Waals surface area contributed by atoms with Gasteiger partial charge in [-0.05, 0) is 32.5 Å². The van der Waals surface area contributed by atoms with Gasteiger partial charge in [-0.25, -0.2) is 0 Å². The Morgan fingerprint density at radius 3 is 2.12 bits per heavy atom. The van der Waals surface area contributed by atoms with Gasteiger partial charge in [0, 0.05) is 18.6 Å². The van der Waals surface area contributed by atoms with Gasteiger partial charge in [-0.3, -0.25) is 0 Å². The molecule has 0 amide bonds. The average Bonchev–Trinajstić information content (AvgIpc) is 2.29. The van der Waals surface area contributed by atoms with Crippen molar-refractivity contribution < 1.29 is 0 Å². The van der Waals surface area contributed by atoms with Crippen molar-refractivity contribution in [3.05, 3.63) is 35.9 Å². The van der Waals surface area contributed by atoms with Crippen molar-refractivity contribution in [2.45, 2.75) is 32.9 Å². The Labute approximate surface area is 106 Å². The Morgan fingerprint density at radius 2 is 1.65 bits per heavy atom. The number of nitrogens with one attached hydrogen (secondary N) is 1. The summed E-state index contributed by atoms with van der Waals surface area (Å²) in [5.74, 6) is 0.667. The number of nitrogens with zero attached hydrogens (tertiary/aromatic N) is 1. The quantitative estimate of drug-likeness (QED) is 0.814. The van der Waals surface area contributed by atoms with Crippen LogP contribution in [0.3, 0.4) is 0 Å². The number of likely N-dealkylation sites (N-methyl/N-ethyl adjacent to an activating group) is 1. The van der Waals surface area contributed by atoms with Crippen molar-refractivity contribution in [3.63, 3.8) is 0 Å². The monoisotopic (exact) mass is 234 g/mol. The van der Waals surface area contributed by atoms with Crippen molar-refractivity contribution in [2.24, 2.45) is 5.92 Å². The lowest BCUT2D eigenvalue weighted by molar-refractivity contribution is 0.220. The van der Waals surface area contributed by atoms with Gasteiger partial charge in [-0.15, -0.1) is 0 Å². The standard InChI is InChI=1S/C15H26N2/c1-12(2)15(17(4)5)11-16-13(3)14-9-7-6-8-10-14/h6-10,12-13,15-16H,11H2,1-5H3. The summed E-state index contributed by atoms with van der Waals surface area (Å²) in [6, 6.07) is 11.6.